The van der Waals surface area contributed by atoms with Crippen LogP contribution in [-0.2, 0) is 37.1 Å². The first-order valence-corrected chi connectivity index (χ1v) is 11.3. The third-order valence-corrected chi connectivity index (χ3v) is 6.23. The summed E-state index contributed by atoms with van der Waals surface area (Å²) in [7, 11) is 0. The van der Waals surface area contributed by atoms with Gasteiger partial charge in [-0.25, -0.2) is 4.98 Å². The number of thioether (sulfide) groups is 1. The molecule has 0 atom stereocenters. The lowest BCUT2D eigenvalue weighted by Crippen LogP contribution is -2.35. The topological polar surface area (TPSA) is 64.0 Å². The van der Waals surface area contributed by atoms with Crippen molar-refractivity contribution in [1.29, 1.82) is 0 Å². The van der Waals surface area contributed by atoms with Gasteiger partial charge in [0.25, 0.3) is 5.56 Å². The molecule has 1 N–H and O–H groups in total. The molecule has 0 saturated heterocycles. The largest absolute Gasteiger partial charge is 0.350 e. The van der Waals surface area contributed by atoms with E-state index in [1.165, 1.54) is 5.56 Å². The lowest BCUT2D eigenvalue weighted by Gasteiger charge is -2.14. The van der Waals surface area contributed by atoms with Crippen molar-refractivity contribution in [3.8, 4) is 0 Å². The highest BCUT2D eigenvalue weighted by Crippen LogP contribution is 2.22. The maximum absolute atomic E-state index is 13.1. The Bertz CT molecular complexity index is 1070. The van der Waals surface area contributed by atoms with Gasteiger partial charge in [-0.3, -0.25) is 14.2 Å². The Kier molecular flexibility index (Phi) is 6.64. The number of benzene rings is 2. The fourth-order valence-electron chi connectivity index (χ4n) is 3.66. The third-order valence-electron chi connectivity index (χ3n) is 5.25. The van der Waals surface area contributed by atoms with Gasteiger partial charge in [-0.15, -0.1) is 0 Å². The molecule has 30 heavy (non-hydrogen) atoms. The number of nitrogens with one attached hydrogen (secondary N) is 1. The van der Waals surface area contributed by atoms with E-state index in [9.17, 15) is 9.59 Å². The third kappa shape index (κ3) is 5.00. The maximum atomic E-state index is 13.1. The minimum absolute atomic E-state index is 0.000380. The summed E-state index contributed by atoms with van der Waals surface area (Å²) in [5.74, 6) is 0.631. The number of aryl methyl sites for hydroxylation is 2. The number of fused-ring (bicyclic) bond motifs is 1. The van der Waals surface area contributed by atoms with Gasteiger partial charge in [-0.1, -0.05) is 72.4 Å². The number of carbonyl (C=O) groups excluding carboxylic acids is 1. The number of hydrogen-bond acceptors (Lipinski definition) is 4. The van der Waals surface area contributed by atoms with Crippen molar-refractivity contribution < 1.29 is 4.79 Å². The van der Waals surface area contributed by atoms with Crippen LogP contribution in [-0.4, -0.2) is 21.2 Å². The molecule has 2 aromatic carbocycles. The van der Waals surface area contributed by atoms with Crippen molar-refractivity contribution in [2.75, 3.05) is 5.75 Å². The standard InChI is InChI=1S/C24H25N3O2S/c28-22(25-16-19-10-5-2-6-11-19)17-27-23(29)20-12-7-13-21(20)26-24(27)30-15-14-18-8-3-1-4-9-18/h1-6,8-11H,7,12-17H2,(H,25,28). The van der Waals surface area contributed by atoms with E-state index in [4.69, 9.17) is 4.98 Å². The summed E-state index contributed by atoms with van der Waals surface area (Å²) < 4.78 is 1.56. The predicted molar refractivity (Wildman–Crippen MR) is 120 cm³/mol. The molecule has 0 bridgehead atoms. The molecule has 4 rings (SSSR count). The molecular weight excluding hydrogens is 394 g/mol. The van der Waals surface area contributed by atoms with Gasteiger partial charge in [0.2, 0.25) is 5.91 Å². The first-order chi connectivity index (χ1) is 14.7. The zero-order valence-corrected chi connectivity index (χ0v) is 17.7. The predicted octanol–water partition coefficient (Wildman–Crippen LogP) is 3.38. The normalized spacial score (nSPS) is 12.5. The summed E-state index contributed by atoms with van der Waals surface area (Å²) >= 11 is 1.55. The van der Waals surface area contributed by atoms with Crippen molar-refractivity contribution in [3.05, 3.63) is 93.4 Å². The molecule has 0 spiro atoms. The summed E-state index contributed by atoms with van der Waals surface area (Å²) in [4.78, 5) is 30.4. The molecule has 1 aliphatic carbocycles. The smallest absolute Gasteiger partial charge is 0.258 e. The molecule has 3 aromatic rings. The summed E-state index contributed by atoms with van der Waals surface area (Å²) in [6, 6.07) is 20.0. The van der Waals surface area contributed by atoms with E-state index in [-0.39, 0.29) is 18.0 Å². The molecule has 6 heteroatoms. The number of aromatic nitrogens is 2. The summed E-state index contributed by atoms with van der Waals surface area (Å²) in [6.07, 6.45) is 3.44. The van der Waals surface area contributed by atoms with Crippen LogP contribution in [0.25, 0.3) is 0 Å². The van der Waals surface area contributed by atoms with Crippen LogP contribution in [0.15, 0.2) is 70.6 Å². The minimum Gasteiger partial charge on any atom is -0.350 e. The molecule has 0 saturated carbocycles. The van der Waals surface area contributed by atoms with Gasteiger partial charge in [0.05, 0.1) is 5.69 Å². The van der Waals surface area contributed by atoms with E-state index in [0.717, 1.165) is 48.3 Å². The van der Waals surface area contributed by atoms with Crippen molar-refractivity contribution >= 4 is 17.7 Å². The van der Waals surface area contributed by atoms with Crippen molar-refractivity contribution in [2.24, 2.45) is 0 Å². The van der Waals surface area contributed by atoms with Gasteiger partial charge in [0.1, 0.15) is 6.54 Å². The lowest BCUT2D eigenvalue weighted by molar-refractivity contribution is -0.122. The zero-order chi connectivity index (χ0) is 20.8. The van der Waals surface area contributed by atoms with Crippen molar-refractivity contribution in [2.45, 2.75) is 43.9 Å². The van der Waals surface area contributed by atoms with Crippen molar-refractivity contribution in [3.63, 3.8) is 0 Å². The second-order valence-corrected chi connectivity index (χ2v) is 8.47. The SMILES string of the molecule is O=C(Cn1c(SCCc2ccccc2)nc2c(c1=O)CCC2)NCc1ccccc1. The molecule has 1 aromatic heterocycles. The number of nitrogens with zero attached hydrogens (tertiary/aromatic N) is 2. The molecule has 1 amide bonds. The molecule has 0 aliphatic heterocycles. The maximum Gasteiger partial charge on any atom is 0.258 e. The average Bonchev–Trinajstić information content (AvgIpc) is 3.25. The lowest BCUT2D eigenvalue weighted by atomic mass is 10.2. The van der Waals surface area contributed by atoms with E-state index >= 15 is 0 Å². The second kappa shape index (κ2) is 9.76. The van der Waals surface area contributed by atoms with Gasteiger partial charge < -0.3 is 5.32 Å². The highest BCUT2D eigenvalue weighted by atomic mass is 32.2. The zero-order valence-electron chi connectivity index (χ0n) is 16.8. The molecule has 1 heterocycles. The summed E-state index contributed by atoms with van der Waals surface area (Å²) in [6.45, 7) is 0.447. The van der Waals surface area contributed by atoms with E-state index < -0.39 is 0 Å². The number of amides is 1. The second-order valence-electron chi connectivity index (χ2n) is 7.41. The fraction of sp³-hybridized carbons (Fsp3) is 0.292. The Balaban J connectivity index is 1.47. The van der Waals surface area contributed by atoms with E-state index in [2.05, 4.69) is 17.4 Å². The number of rotatable bonds is 8. The Hall–Kier alpha value is -2.86. The summed E-state index contributed by atoms with van der Waals surface area (Å²) in [5.41, 5.74) is 3.90. The Morgan fingerprint density at radius 3 is 2.43 bits per heavy atom. The van der Waals surface area contributed by atoms with Gasteiger partial charge in [-0.2, -0.15) is 0 Å². The fourth-order valence-corrected chi connectivity index (χ4v) is 4.66. The highest BCUT2D eigenvalue weighted by Gasteiger charge is 2.22. The number of carbonyl (C=O) groups is 1. The quantitative estimate of drug-likeness (QED) is 0.449. The monoisotopic (exact) mass is 419 g/mol. The van der Waals surface area contributed by atoms with Gasteiger partial charge in [-0.05, 0) is 36.8 Å². The first-order valence-electron chi connectivity index (χ1n) is 10.3. The molecule has 0 unspecified atom stereocenters. The molecule has 154 valence electrons. The Labute approximate surface area is 180 Å². The van der Waals surface area contributed by atoms with E-state index in [1.807, 2.05) is 48.5 Å². The van der Waals surface area contributed by atoms with Crippen LogP contribution in [0, 0.1) is 0 Å². The van der Waals surface area contributed by atoms with Crippen LogP contribution in [0.4, 0.5) is 0 Å². The number of hydrogen-bond donors (Lipinski definition) is 1. The average molecular weight is 420 g/mol. The van der Waals surface area contributed by atoms with Crippen LogP contribution in [0.2, 0.25) is 0 Å². The van der Waals surface area contributed by atoms with Gasteiger partial charge >= 0.3 is 0 Å². The van der Waals surface area contributed by atoms with E-state index in [1.54, 1.807) is 16.3 Å². The molecule has 0 radical (unpaired) electrons. The molecule has 5 nitrogen and oxygen atoms in total. The van der Waals surface area contributed by atoms with Gasteiger partial charge in [0, 0.05) is 17.9 Å². The van der Waals surface area contributed by atoms with Crippen LogP contribution < -0.4 is 10.9 Å². The van der Waals surface area contributed by atoms with E-state index in [0.29, 0.717) is 11.7 Å². The highest BCUT2D eigenvalue weighted by molar-refractivity contribution is 7.99. The molecular formula is C24H25N3O2S. The van der Waals surface area contributed by atoms with Crippen LogP contribution in [0.1, 0.15) is 28.8 Å². The van der Waals surface area contributed by atoms with Crippen LogP contribution in [0.3, 0.4) is 0 Å². The first kappa shape index (κ1) is 20.4. The van der Waals surface area contributed by atoms with Crippen LogP contribution >= 0.6 is 11.8 Å². The Morgan fingerprint density at radius 2 is 1.70 bits per heavy atom. The summed E-state index contributed by atoms with van der Waals surface area (Å²) in [5, 5.41) is 3.56. The molecule has 1 aliphatic rings. The molecule has 0 fully saturated rings. The van der Waals surface area contributed by atoms with Crippen LogP contribution in [0.5, 0.6) is 0 Å². The van der Waals surface area contributed by atoms with Gasteiger partial charge in [0.15, 0.2) is 5.16 Å². The van der Waals surface area contributed by atoms with Crippen molar-refractivity contribution in [1.82, 2.24) is 14.9 Å². The Morgan fingerprint density at radius 1 is 1.00 bits per heavy atom. The minimum atomic E-state index is -0.175.